The monoisotopic (exact) mass is 486 g/mol. The summed E-state index contributed by atoms with van der Waals surface area (Å²) in [5.41, 5.74) is 2.30. The predicted molar refractivity (Wildman–Crippen MR) is 121 cm³/mol. The predicted octanol–water partition coefficient (Wildman–Crippen LogP) is 2.36. The number of benzene rings is 1. The lowest BCUT2D eigenvalue weighted by Gasteiger charge is -2.28. The molecule has 0 radical (unpaired) electrons. The van der Waals surface area contributed by atoms with E-state index >= 15 is 0 Å². The quantitative estimate of drug-likeness (QED) is 0.370. The molecule has 1 aromatic heterocycles. The first-order chi connectivity index (χ1) is 12.5. The van der Waals surface area contributed by atoms with Crippen LogP contribution in [0.4, 0.5) is 0 Å². The second kappa shape index (κ2) is 11.1. The molecule has 1 unspecified atom stereocenters. The molecule has 7 nitrogen and oxygen atoms in total. The lowest BCUT2D eigenvalue weighted by Crippen LogP contribution is -2.42. The third-order valence-corrected chi connectivity index (χ3v) is 4.36. The Bertz CT molecular complexity index is 730. The van der Waals surface area contributed by atoms with Gasteiger partial charge in [-0.3, -0.25) is 9.67 Å². The second-order valence-corrected chi connectivity index (χ2v) is 6.52. The Morgan fingerprint density at radius 2 is 2.00 bits per heavy atom. The van der Waals surface area contributed by atoms with Crippen molar-refractivity contribution in [2.45, 2.75) is 12.6 Å². The van der Waals surface area contributed by atoms with E-state index in [0.29, 0.717) is 6.54 Å². The van der Waals surface area contributed by atoms with Gasteiger partial charge in [-0.15, -0.1) is 24.0 Å². The Morgan fingerprint density at radius 1 is 1.30 bits per heavy atom. The largest absolute Gasteiger partial charge is 0.496 e. The van der Waals surface area contributed by atoms with Gasteiger partial charge in [0, 0.05) is 51.6 Å². The molecule has 0 amide bonds. The first-order valence-corrected chi connectivity index (χ1v) is 8.65. The highest BCUT2D eigenvalue weighted by molar-refractivity contribution is 14.0. The molecular formula is C19H31IN6O. The van der Waals surface area contributed by atoms with E-state index in [1.54, 1.807) is 14.2 Å². The Kier molecular flexibility index (Phi) is 9.57. The summed E-state index contributed by atoms with van der Waals surface area (Å²) >= 11 is 0. The molecule has 8 heteroatoms. The van der Waals surface area contributed by atoms with Crippen molar-refractivity contribution in [1.29, 1.82) is 0 Å². The van der Waals surface area contributed by atoms with E-state index in [-0.39, 0.29) is 30.0 Å². The molecule has 0 saturated heterocycles. The summed E-state index contributed by atoms with van der Waals surface area (Å²) in [6.45, 7) is 1.45. The van der Waals surface area contributed by atoms with Crippen LogP contribution in [0.5, 0.6) is 5.75 Å². The van der Waals surface area contributed by atoms with Crippen LogP contribution in [-0.2, 0) is 13.6 Å². The SMILES string of the molecule is CN=C(NCC(c1cnn(C)c1)N(C)C)N(C)Cc1ccccc1OC.I. The molecule has 1 N–H and O–H groups in total. The van der Waals surface area contributed by atoms with Gasteiger partial charge in [-0.05, 0) is 20.2 Å². The fourth-order valence-electron chi connectivity index (χ4n) is 2.95. The molecule has 0 aliphatic heterocycles. The Labute approximate surface area is 179 Å². The first-order valence-electron chi connectivity index (χ1n) is 8.65. The number of hydrogen-bond donors (Lipinski definition) is 1. The number of halogens is 1. The van der Waals surface area contributed by atoms with Crippen LogP contribution in [0.25, 0.3) is 0 Å². The maximum absolute atomic E-state index is 5.45. The molecular weight excluding hydrogens is 455 g/mol. The number of aromatic nitrogens is 2. The Morgan fingerprint density at radius 3 is 2.56 bits per heavy atom. The zero-order valence-electron chi connectivity index (χ0n) is 17.0. The minimum atomic E-state index is 0. The van der Waals surface area contributed by atoms with Gasteiger partial charge >= 0.3 is 0 Å². The molecule has 2 aromatic rings. The molecule has 0 fully saturated rings. The summed E-state index contributed by atoms with van der Waals surface area (Å²) < 4.78 is 7.27. The highest BCUT2D eigenvalue weighted by Crippen LogP contribution is 2.19. The molecule has 0 saturated carbocycles. The summed E-state index contributed by atoms with van der Waals surface area (Å²) in [4.78, 5) is 8.69. The van der Waals surface area contributed by atoms with Crippen LogP contribution in [-0.4, -0.2) is 67.4 Å². The van der Waals surface area contributed by atoms with Gasteiger partial charge in [-0.2, -0.15) is 5.10 Å². The highest BCUT2D eigenvalue weighted by Gasteiger charge is 2.17. The van der Waals surface area contributed by atoms with Gasteiger partial charge in [0.15, 0.2) is 5.96 Å². The van der Waals surface area contributed by atoms with Crippen molar-refractivity contribution in [3.8, 4) is 5.75 Å². The van der Waals surface area contributed by atoms with E-state index in [1.165, 1.54) is 5.56 Å². The average molecular weight is 486 g/mol. The summed E-state index contributed by atoms with van der Waals surface area (Å²) in [7, 11) is 11.6. The van der Waals surface area contributed by atoms with Gasteiger partial charge in [0.25, 0.3) is 0 Å². The number of nitrogens with zero attached hydrogens (tertiary/aromatic N) is 5. The lowest BCUT2D eigenvalue weighted by atomic mass is 10.1. The number of rotatable bonds is 7. The van der Waals surface area contributed by atoms with Crippen LogP contribution >= 0.6 is 24.0 Å². The summed E-state index contributed by atoms with van der Waals surface area (Å²) in [5.74, 6) is 1.72. The molecule has 0 spiro atoms. The van der Waals surface area contributed by atoms with Crippen LogP contribution in [0.2, 0.25) is 0 Å². The Hall–Kier alpha value is -1.81. The van der Waals surface area contributed by atoms with Crippen LogP contribution in [0.1, 0.15) is 17.2 Å². The van der Waals surface area contributed by atoms with Crippen LogP contribution in [0.15, 0.2) is 41.7 Å². The summed E-state index contributed by atoms with van der Waals surface area (Å²) in [6.07, 6.45) is 3.96. The number of aryl methyl sites for hydroxylation is 1. The molecule has 1 aromatic carbocycles. The smallest absolute Gasteiger partial charge is 0.193 e. The number of methoxy groups -OCH3 is 1. The van der Waals surface area contributed by atoms with Gasteiger partial charge < -0.3 is 19.9 Å². The van der Waals surface area contributed by atoms with E-state index < -0.39 is 0 Å². The van der Waals surface area contributed by atoms with Crippen molar-refractivity contribution in [1.82, 2.24) is 24.9 Å². The zero-order chi connectivity index (χ0) is 19.1. The molecule has 0 aliphatic rings. The standard InChI is InChI=1S/C19H30N6O.HI/c1-20-19(24(4)13-15-9-7-8-10-18(15)26-6)21-12-17(23(2)3)16-11-22-25(5)14-16;/h7-11,14,17H,12-13H2,1-6H3,(H,20,21);1H. The minimum absolute atomic E-state index is 0. The topological polar surface area (TPSA) is 57.9 Å². The molecule has 1 atom stereocenters. The fraction of sp³-hybridized carbons (Fsp3) is 0.474. The summed E-state index contributed by atoms with van der Waals surface area (Å²) in [5, 5.41) is 7.76. The summed E-state index contributed by atoms with van der Waals surface area (Å²) in [6, 6.07) is 8.25. The average Bonchev–Trinajstić information content (AvgIpc) is 3.04. The number of likely N-dealkylation sites (N-methyl/N-ethyl adjacent to an activating group) is 1. The van der Waals surface area contributed by atoms with Crippen LogP contribution < -0.4 is 10.1 Å². The van der Waals surface area contributed by atoms with Crippen LogP contribution in [0, 0.1) is 0 Å². The minimum Gasteiger partial charge on any atom is -0.496 e. The molecule has 27 heavy (non-hydrogen) atoms. The third-order valence-electron chi connectivity index (χ3n) is 4.36. The van der Waals surface area contributed by atoms with Gasteiger partial charge in [-0.1, -0.05) is 18.2 Å². The lowest BCUT2D eigenvalue weighted by molar-refractivity contribution is 0.295. The third kappa shape index (κ3) is 6.39. The van der Waals surface area contributed by atoms with Crippen molar-refractivity contribution >= 4 is 29.9 Å². The number of aliphatic imine (C=N–C) groups is 1. The normalized spacial score (nSPS) is 12.5. The highest BCUT2D eigenvalue weighted by atomic mass is 127. The molecule has 0 bridgehead atoms. The van der Waals surface area contributed by atoms with E-state index in [2.05, 4.69) is 45.4 Å². The fourth-order valence-corrected chi connectivity index (χ4v) is 2.95. The van der Waals surface area contributed by atoms with Crippen molar-refractivity contribution in [2.75, 3.05) is 41.8 Å². The van der Waals surface area contributed by atoms with Crippen molar-refractivity contribution in [2.24, 2.45) is 12.0 Å². The van der Waals surface area contributed by atoms with Gasteiger partial charge in [-0.25, -0.2) is 0 Å². The number of guanidine groups is 1. The van der Waals surface area contributed by atoms with Gasteiger partial charge in [0.2, 0.25) is 0 Å². The maximum Gasteiger partial charge on any atom is 0.193 e. The van der Waals surface area contributed by atoms with Crippen molar-refractivity contribution in [3.63, 3.8) is 0 Å². The first kappa shape index (κ1) is 23.2. The van der Waals surface area contributed by atoms with Crippen molar-refractivity contribution < 1.29 is 4.74 Å². The number of para-hydroxylation sites is 1. The number of hydrogen-bond acceptors (Lipinski definition) is 4. The Balaban J connectivity index is 0.00000364. The molecule has 2 rings (SSSR count). The van der Waals surface area contributed by atoms with E-state index in [1.807, 2.05) is 49.4 Å². The van der Waals surface area contributed by atoms with Gasteiger partial charge in [0.1, 0.15) is 5.75 Å². The number of ether oxygens (including phenoxy) is 1. The van der Waals surface area contributed by atoms with E-state index in [9.17, 15) is 0 Å². The molecule has 1 heterocycles. The van der Waals surface area contributed by atoms with E-state index in [4.69, 9.17) is 4.74 Å². The van der Waals surface area contributed by atoms with Gasteiger partial charge in [0.05, 0.1) is 19.3 Å². The second-order valence-electron chi connectivity index (χ2n) is 6.52. The van der Waals surface area contributed by atoms with E-state index in [0.717, 1.165) is 23.8 Å². The molecule has 150 valence electrons. The van der Waals surface area contributed by atoms with Crippen LogP contribution in [0.3, 0.4) is 0 Å². The molecule has 0 aliphatic carbocycles. The zero-order valence-corrected chi connectivity index (χ0v) is 19.3. The number of nitrogens with one attached hydrogen (secondary N) is 1. The van der Waals surface area contributed by atoms with Crippen molar-refractivity contribution in [3.05, 3.63) is 47.8 Å². The maximum atomic E-state index is 5.45.